The molecule has 0 spiro atoms. The van der Waals surface area contributed by atoms with Gasteiger partial charge in [0.1, 0.15) is 17.2 Å². The first kappa shape index (κ1) is 15.9. The van der Waals surface area contributed by atoms with Gasteiger partial charge in [0.15, 0.2) is 5.75 Å². The normalized spacial score (nSPS) is 11.2. The highest BCUT2D eigenvalue weighted by Gasteiger charge is 2.18. The van der Waals surface area contributed by atoms with Crippen molar-refractivity contribution in [3.05, 3.63) is 53.6 Å². The standard InChI is InChI=1S/C13H8F2O6S/c14-8-2-3-9(11(15)6-8)7-1-4-12(21-22(18,19)20)10(5-7)13(16)17/h1-6H,(H,16,17)(H,18,19,20). The minimum absolute atomic E-state index is 0.0672. The van der Waals surface area contributed by atoms with Gasteiger partial charge >= 0.3 is 16.4 Å². The Labute approximate surface area is 123 Å². The largest absolute Gasteiger partial charge is 0.478 e. The van der Waals surface area contributed by atoms with Crippen molar-refractivity contribution in [1.29, 1.82) is 0 Å². The van der Waals surface area contributed by atoms with Crippen LogP contribution >= 0.6 is 0 Å². The molecule has 0 aliphatic heterocycles. The number of carboxylic acids is 1. The quantitative estimate of drug-likeness (QED) is 0.835. The predicted octanol–water partition coefficient (Wildman–Crippen LogP) is 2.51. The third-order valence-electron chi connectivity index (χ3n) is 2.65. The topological polar surface area (TPSA) is 101 Å². The van der Waals surface area contributed by atoms with E-state index in [0.717, 1.165) is 24.3 Å². The maximum Gasteiger partial charge on any atom is 0.446 e. The molecule has 0 aromatic heterocycles. The highest BCUT2D eigenvalue weighted by atomic mass is 32.3. The summed E-state index contributed by atoms with van der Waals surface area (Å²) >= 11 is 0. The zero-order valence-corrected chi connectivity index (χ0v) is 11.5. The fourth-order valence-electron chi connectivity index (χ4n) is 1.77. The minimum atomic E-state index is -4.91. The molecule has 2 aromatic rings. The zero-order valence-electron chi connectivity index (χ0n) is 10.7. The van der Waals surface area contributed by atoms with E-state index in [2.05, 4.69) is 4.18 Å². The van der Waals surface area contributed by atoms with Crippen LogP contribution in [0.15, 0.2) is 36.4 Å². The molecule has 116 valence electrons. The van der Waals surface area contributed by atoms with Crippen molar-refractivity contribution in [3.8, 4) is 16.9 Å². The van der Waals surface area contributed by atoms with Gasteiger partial charge in [0.05, 0.1) is 0 Å². The van der Waals surface area contributed by atoms with Gasteiger partial charge in [-0.1, -0.05) is 6.07 Å². The summed E-state index contributed by atoms with van der Waals surface area (Å²) in [5, 5.41) is 9.04. The summed E-state index contributed by atoms with van der Waals surface area (Å²) < 4.78 is 60.6. The second-order valence-electron chi connectivity index (χ2n) is 4.15. The number of carboxylic acid groups (broad SMARTS) is 1. The lowest BCUT2D eigenvalue weighted by Crippen LogP contribution is -2.10. The molecule has 0 amide bonds. The van der Waals surface area contributed by atoms with Gasteiger partial charge in [-0.25, -0.2) is 13.6 Å². The van der Waals surface area contributed by atoms with Gasteiger partial charge in [0, 0.05) is 11.6 Å². The van der Waals surface area contributed by atoms with E-state index in [-0.39, 0.29) is 11.1 Å². The molecule has 0 unspecified atom stereocenters. The molecule has 0 saturated carbocycles. The molecule has 22 heavy (non-hydrogen) atoms. The maximum atomic E-state index is 13.7. The van der Waals surface area contributed by atoms with Crippen LogP contribution in [0.1, 0.15) is 10.4 Å². The third-order valence-corrected chi connectivity index (χ3v) is 3.04. The Balaban J connectivity index is 2.56. The van der Waals surface area contributed by atoms with Crippen molar-refractivity contribution in [2.75, 3.05) is 0 Å². The molecule has 0 radical (unpaired) electrons. The van der Waals surface area contributed by atoms with Crippen molar-refractivity contribution in [1.82, 2.24) is 0 Å². The van der Waals surface area contributed by atoms with Gasteiger partial charge in [-0.3, -0.25) is 4.55 Å². The third kappa shape index (κ3) is 3.57. The molecular formula is C13H8F2O6S. The lowest BCUT2D eigenvalue weighted by atomic mass is 10.0. The molecule has 2 N–H and O–H groups in total. The summed E-state index contributed by atoms with van der Waals surface area (Å²) in [4.78, 5) is 11.1. The molecule has 0 atom stereocenters. The van der Waals surface area contributed by atoms with E-state index in [4.69, 9.17) is 9.66 Å². The van der Waals surface area contributed by atoms with Crippen molar-refractivity contribution in [2.24, 2.45) is 0 Å². The second-order valence-corrected chi connectivity index (χ2v) is 5.17. The Morgan fingerprint density at radius 1 is 1.09 bits per heavy atom. The lowest BCUT2D eigenvalue weighted by Gasteiger charge is -2.09. The van der Waals surface area contributed by atoms with Crippen LogP contribution in [0.4, 0.5) is 8.78 Å². The van der Waals surface area contributed by atoms with E-state index >= 15 is 0 Å². The number of rotatable bonds is 4. The zero-order chi connectivity index (χ0) is 16.5. The number of aromatic carboxylic acids is 1. The molecule has 0 heterocycles. The van der Waals surface area contributed by atoms with Gasteiger partial charge < -0.3 is 9.29 Å². The van der Waals surface area contributed by atoms with Crippen LogP contribution in [0, 0.1) is 11.6 Å². The number of halogens is 2. The Kier molecular flexibility index (Phi) is 4.11. The summed E-state index contributed by atoms with van der Waals surface area (Å²) in [5.74, 6) is -3.91. The van der Waals surface area contributed by atoms with E-state index < -0.39 is 39.3 Å². The van der Waals surface area contributed by atoms with E-state index in [1.54, 1.807) is 0 Å². The molecular weight excluding hydrogens is 322 g/mol. The van der Waals surface area contributed by atoms with Gasteiger partial charge in [-0.2, -0.15) is 8.42 Å². The molecule has 0 saturated heterocycles. The fourth-order valence-corrected chi connectivity index (χ4v) is 2.15. The van der Waals surface area contributed by atoms with Gasteiger partial charge in [-0.05, 0) is 29.8 Å². The molecule has 0 fully saturated rings. The van der Waals surface area contributed by atoms with Crippen molar-refractivity contribution < 1.29 is 35.8 Å². The first-order valence-corrected chi connectivity index (χ1v) is 7.03. The van der Waals surface area contributed by atoms with Crippen LogP contribution in [-0.2, 0) is 10.4 Å². The summed E-state index contributed by atoms with van der Waals surface area (Å²) in [6.45, 7) is 0. The van der Waals surface area contributed by atoms with Crippen LogP contribution in [0.3, 0.4) is 0 Å². The fraction of sp³-hybridized carbons (Fsp3) is 0. The first-order valence-electron chi connectivity index (χ1n) is 5.67. The average molecular weight is 330 g/mol. The number of hydrogen-bond acceptors (Lipinski definition) is 4. The number of benzene rings is 2. The molecule has 6 nitrogen and oxygen atoms in total. The second kappa shape index (κ2) is 5.70. The monoisotopic (exact) mass is 330 g/mol. The van der Waals surface area contributed by atoms with Crippen LogP contribution in [0.5, 0.6) is 5.75 Å². The van der Waals surface area contributed by atoms with E-state index in [1.807, 2.05) is 0 Å². The Morgan fingerprint density at radius 2 is 1.77 bits per heavy atom. The lowest BCUT2D eigenvalue weighted by molar-refractivity contribution is 0.0695. The average Bonchev–Trinajstić information content (AvgIpc) is 2.37. The smallest absolute Gasteiger partial charge is 0.446 e. The van der Waals surface area contributed by atoms with E-state index in [1.165, 1.54) is 6.07 Å². The Morgan fingerprint density at radius 3 is 2.32 bits per heavy atom. The highest BCUT2D eigenvalue weighted by Crippen LogP contribution is 2.29. The van der Waals surface area contributed by atoms with Crippen LogP contribution < -0.4 is 4.18 Å². The predicted molar refractivity (Wildman–Crippen MR) is 70.9 cm³/mol. The summed E-state index contributed by atoms with van der Waals surface area (Å²) in [5.41, 5.74) is -0.626. The van der Waals surface area contributed by atoms with Crippen LogP contribution in [0.25, 0.3) is 11.1 Å². The van der Waals surface area contributed by atoms with E-state index in [9.17, 15) is 22.0 Å². The SMILES string of the molecule is O=C(O)c1cc(-c2ccc(F)cc2F)ccc1OS(=O)(=O)O. The van der Waals surface area contributed by atoms with Crippen molar-refractivity contribution in [3.63, 3.8) is 0 Å². The van der Waals surface area contributed by atoms with Crippen molar-refractivity contribution >= 4 is 16.4 Å². The molecule has 2 rings (SSSR count). The summed E-state index contributed by atoms with van der Waals surface area (Å²) in [6.07, 6.45) is 0. The molecule has 0 aliphatic carbocycles. The Bertz CT molecular complexity index is 848. The summed E-state index contributed by atoms with van der Waals surface area (Å²) in [6, 6.07) is 5.77. The highest BCUT2D eigenvalue weighted by molar-refractivity contribution is 7.81. The Hall–Kier alpha value is -2.52. The maximum absolute atomic E-state index is 13.7. The first-order chi connectivity index (χ1) is 10.2. The van der Waals surface area contributed by atoms with Gasteiger partial charge in [0.25, 0.3) is 0 Å². The molecule has 0 aliphatic rings. The van der Waals surface area contributed by atoms with Crippen LogP contribution in [0.2, 0.25) is 0 Å². The molecule has 2 aromatic carbocycles. The molecule has 9 heteroatoms. The van der Waals surface area contributed by atoms with Gasteiger partial charge in [-0.15, -0.1) is 0 Å². The van der Waals surface area contributed by atoms with Gasteiger partial charge in [0.2, 0.25) is 0 Å². The van der Waals surface area contributed by atoms with Crippen molar-refractivity contribution in [2.45, 2.75) is 0 Å². The number of hydrogen-bond donors (Lipinski definition) is 2. The van der Waals surface area contributed by atoms with E-state index in [0.29, 0.717) is 6.07 Å². The molecule has 0 bridgehead atoms. The number of carbonyl (C=O) groups is 1. The van der Waals surface area contributed by atoms with Crippen LogP contribution in [-0.4, -0.2) is 24.0 Å². The minimum Gasteiger partial charge on any atom is -0.478 e. The summed E-state index contributed by atoms with van der Waals surface area (Å²) in [7, 11) is -4.91.